The first-order valence-corrected chi connectivity index (χ1v) is 8.95. The molecule has 3 aromatic rings. The summed E-state index contributed by atoms with van der Waals surface area (Å²) in [6.07, 6.45) is 3.36. The lowest BCUT2D eigenvalue weighted by atomic mass is 9.98. The van der Waals surface area contributed by atoms with Gasteiger partial charge in [-0.1, -0.05) is 12.1 Å². The maximum absolute atomic E-state index is 13.6. The zero-order valence-corrected chi connectivity index (χ0v) is 14.6. The van der Waals surface area contributed by atoms with Crippen molar-refractivity contribution in [3.05, 3.63) is 59.9 Å². The Morgan fingerprint density at radius 2 is 1.89 bits per heavy atom. The Labute approximate surface area is 155 Å². The molecule has 1 N–H and O–H groups in total. The Kier molecular flexibility index (Phi) is 4.90. The third kappa shape index (κ3) is 3.57. The smallest absolute Gasteiger partial charge is 0.255 e. The number of carbonyl (C=O) groups excluding carboxylic acids is 1. The van der Waals surface area contributed by atoms with Crippen LogP contribution in [0, 0.1) is 17.6 Å². The lowest BCUT2D eigenvalue weighted by Gasteiger charge is -2.22. The standard InChI is InChI=1S/C21H19F2NO3/c22-18-4-1-14(11-19(18)23)15-2-3-17(20-16(15)7-10-27-20)21(25)24-12-13-5-8-26-9-6-13/h1-4,7,10-11,13H,5-6,8-9,12H2,(H,24,25). The highest BCUT2D eigenvalue weighted by Crippen LogP contribution is 2.32. The van der Waals surface area contributed by atoms with Gasteiger partial charge < -0.3 is 14.5 Å². The van der Waals surface area contributed by atoms with Crippen LogP contribution in [0.4, 0.5) is 8.78 Å². The molecule has 140 valence electrons. The van der Waals surface area contributed by atoms with Crippen LogP contribution in [0.15, 0.2) is 47.1 Å². The number of halogens is 2. The van der Waals surface area contributed by atoms with Gasteiger partial charge in [-0.3, -0.25) is 4.79 Å². The van der Waals surface area contributed by atoms with Crippen LogP contribution in [0.2, 0.25) is 0 Å². The molecule has 0 atom stereocenters. The van der Waals surface area contributed by atoms with E-state index >= 15 is 0 Å². The predicted molar refractivity (Wildman–Crippen MR) is 97.4 cm³/mol. The van der Waals surface area contributed by atoms with Crippen molar-refractivity contribution in [3.8, 4) is 11.1 Å². The summed E-state index contributed by atoms with van der Waals surface area (Å²) in [6.45, 7) is 2.05. The lowest BCUT2D eigenvalue weighted by Crippen LogP contribution is -2.32. The van der Waals surface area contributed by atoms with Crippen LogP contribution in [0.25, 0.3) is 22.1 Å². The third-order valence-corrected chi connectivity index (χ3v) is 4.98. The van der Waals surface area contributed by atoms with Crippen LogP contribution in [-0.4, -0.2) is 25.7 Å². The summed E-state index contributed by atoms with van der Waals surface area (Å²) in [6, 6.07) is 8.84. The van der Waals surface area contributed by atoms with Gasteiger partial charge in [0.2, 0.25) is 0 Å². The molecule has 4 nitrogen and oxygen atoms in total. The quantitative estimate of drug-likeness (QED) is 0.733. The second-order valence-electron chi connectivity index (χ2n) is 6.72. The second-order valence-corrected chi connectivity index (χ2v) is 6.72. The lowest BCUT2D eigenvalue weighted by molar-refractivity contribution is 0.0643. The first kappa shape index (κ1) is 17.7. The number of rotatable bonds is 4. The Hall–Kier alpha value is -2.73. The molecule has 0 radical (unpaired) electrons. The number of amides is 1. The molecule has 2 heterocycles. The molecule has 0 aliphatic carbocycles. The number of benzene rings is 2. The molecule has 27 heavy (non-hydrogen) atoms. The molecule has 1 amide bonds. The maximum Gasteiger partial charge on any atom is 0.255 e. The van der Waals surface area contributed by atoms with E-state index in [1.165, 1.54) is 12.3 Å². The topological polar surface area (TPSA) is 51.5 Å². The summed E-state index contributed by atoms with van der Waals surface area (Å²) >= 11 is 0. The normalized spacial score (nSPS) is 15.2. The summed E-state index contributed by atoms with van der Waals surface area (Å²) in [4.78, 5) is 12.6. The molecular formula is C21H19F2NO3. The fraction of sp³-hybridized carbons (Fsp3) is 0.286. The molecule has 1 saturated heterocycles. The number of furan rings is 1. The fourth-order valence-electron chi connectivity index (χ4n) is 3.44. The van der Waals surface area contributed by atoms with Gasteiger partial charge in [0.1, 0.15) is 5.58 Å². The van der Waals surface area contributed by atoms with E-state index in [1.54, 1.807) is 18.2 Å². The highest BCUT2D eigenvalue weighted by molar-refractivity contribution is 6.08. The van der Waals surface area contributed by atoms with Gasteiger partial charge in [-0.15, -0.1) is 0 Å². The molecule has 0 spiro atoms. The van der Waals surface area contributed by atoms with Gasteiger partial charge in [0, 0.05) is 25.1 Å². The van der Waals surface area contributed by atoms with Crippen molar-refractivity contribution in [1.29, 1.82) is 0 Å². The molecule has 0 bridgehead atoms. The van der Waals surface area contributed by atoms with Gasteiger partial charge in [-0.25, -0.2) is 8.78 Å². The van der Waals surface area contributed by atoms with Crippen LogP contribution in [0.3, 0.4) is 0 Å². The minimum atomic E-state index is -0.914. The highest BCUT2D eigenvalue weighted by Gasteiger charge is 2.19. The zero-order chi connectivity index (χ0) is 18.8. The number of nitrogens with one attached hydrogen (secondary N) is 1. The second kappa shape index (κ2) is 7.48. The summed E-state index contributed by atoms with van der Waals surface area (Å²) < 4.78 is 37.7. The van der Waals surface area contributed by atoms with E-state index in [1.807, 2.05) is 0 Å². The minimum Gasteiger partial charge on any atom is -0.463 e. The molecule has 0 unspecified atom stereocenters. The van der Waals surface area contributed by atoms with Gasteiger partial charge >= 0.3 is 0 Å². The molecular weight excluding hydrogens is 352 g/mol. The van der Waals surface area contributed by atoms with Crippen molar-refractivity contribution in [2.24, 2.45) is 5.92 Å². The molecule has 6 heteroatoms. The number of hydrogen-bond acceptors (Lipinski definition) is 3. The Bertz CT molecular complexity index is 977. The van der Waals surface area contributed by atoms with E-state index in [-0.39, 0.29) is 5.91 Å². The fourth-order valence-corrected chi connectivity index (χ4v) is 3.44. The monoisotopic (exact) mass is 371 g/mol. The van der Waals surface area contributed by atoms with Gasteiger partial charge in [0.25, 0.3) is 5.91 Å². The van der Waals surface area contributed by atoms with Gasteiger partial charge in [-0.2, -0.15) is 0 Å². The molecule has 1 aromatic heterocycles. The minimum absolute atomic E-state index is 0.210. The third-order valence-electron chi connectivity index (χ3n) is 4.98. The van der Waals surface area contributed by atoms with Crippen molar-refractivity contribution >= 4 is 16.9 Å². The van der Waals surface area contributed by atoms with Crippen molar-refractivity contribution in [2.75, 3.05) is 19.8 Å². The van der Waals surface area contributed by atoms with Crippen molar-refractivity contribution in [3.63, 3.8) is 0 Å². The summed E-state index contributed by atoms with van der Waals surface area (Å²) in [5.41, 5.74) is 2.06. The number of carbonyl (C=O) groups is 1. The Morgan fingerprint density at radius 3 is 2.67 bits per heavy atom. The van der Waals surface area contributed by atoms with E-state index in [2.05, 4.69) is 5.32 Å². The maximum atomic E-state index is 13.6. The Morgan fingerprint density at radius 1 is 1.07 bits per heavy atom. The number of ether oxygens (including phenoxy) is 1. The average Bonchev–Trinajstić information content (AvgIpc) is 3.18. The van der Waals surface area contributed by atoms with Gasteiger partial charge in [-0.05, 0) is 54.2 Å². The van der Waals surface area contributed by atoms with Crippen LogP contribution < -0.4 is 5.32 Å². The zero-order valence-electron chi connectivity index (χ0n) is 14.6. The molecule has 1 aliphatic heterocycles. The van der Waals surface area contributed by atoms with Crippen molar-refractivity contribution in [2.45, 2.75) is 12.8 Å². The summed E-state index contributed by atoms with van der Waals surface area (Å²) in [7, 11) is 0. The molecule has 2 aromatic carbocycles. The first-order chi connectivity index (χ1) is 13.1. The van der Waals surface area contributed by atoms with Gasteiger partial charge in [0.15, 0.2) is 11.6 Å². The SMILES string of the molecule is O=C(NCC1CCOCC1)c1ccc(-c2ccc(F)c(F)c2)c2ccoc12. The molecule has 1 fully saturated rings. The molecule has 0 saturated carbocycles. The van der Waals surface area contributed by atoms with E-state index in [4.69, 9.17) is 9.15 Å². The van der Waals surface area contributed by atoms with E-state index < -0.39 is 11.6 Å². The van der Waals surface area contributed by atoms with E-state index in [0.29, 0.717) is 40.1 Å². The van der Waals surface area contributed by atoms with Crippen LogP contribution >= 0.6 is 0 Å². The largest absolute Gasteiger partial charge is 0.463 e. The van der Waals surface area contributed by atoms with Crippen LogP contribution in [0.1, 0.15) is 23.2 Å². The molecule has 1 aliphatic rings. The van der Waals surface area contributed by atoms with Crippen molar-refractivity contribution < 1.29 is 22.7 Å². The highest BCUT2D eigenvalue weighted by atomic mass is 19.2. The average molecular weight is 371 g/mol. The van der Waals surface area contributed by atoms with Crippen LogP contribution in [-0.2, 0) is 4.74 Å². The molecule has 4 rings (SSSR count). The number of hydrogen-bond donors (Lipinski definition) is 1. The van der Waals surface area contributed by atoms with Crippen LogP contribution in [0.5, 0.6) is 0 Å². The first-order valence-electron chi connectivity index (χ1n) is 8.95. The van der Waals surface area contributed by atoms with Crippen molar-refractivity contribution in [1.82, 2.24) is 5.32 Å². The van der Waals surface area contributed by atoms with Gasteiger partial charge in [0.05, 0.1) is 11.8 Å². The summed E-state index contributed by atoms with van der Waals surface area (Å²) in [5, 5.41) is 3.64. The van der Waals surface area contributed by atoms with E-state index in [9.17, 15) is 13.6 Å². The predicted octanol–water partition coefficient (Wildman–Crippen LogP) is 4.53. The Balaban J connectivity index is 1.60. The van der Waals surface area contributed by atoms with E-state index in [0.717, 1.165) is 38.2 Å². The summed E-state index contributed by atoms with van der Waals surface area (Å²) in [5.74, 6) is -1.61. The number of fused-ring (bicyclic) bond motifs is 1.